The molecule has 4 heteroatoms. The summed E-state index contributed by atoms with van der Waals surface area (Å²) in [5, 5.41) is 3.69. The number of hydrogen-bond acceptors (Lipinski definition) is 3. The van der Waals surface area contributed by atoms with Crippen molar-refractivity contribution < 1.29 is 4.52 Å². The van der Waals surface area contributed by atoms with Gasteiger partial charge < -0.3 is 10.3 Å². The van der Waals surface area contributed by atoms with Crippen LogP contribution in [0.2, 0.25) is 0 Å². The largest absolute Gasteiger partial charge is 0.364 e. The molecule has 0 spiro atoms. The predicted octanol–water partition coefficient (Wildman–Crippen LogP) is 1.29. The number of aromatic nitrogens is 1. The molecule has 0 unspecified atom stereocenters. The van der Waals surface area contributed by atoms with Crippen molar-refractivity contribution >= 4 is 12.4 Å². The number of nitrogens with two attached hydrogens (primary N) is 1. The first-order valence-corrected chi connectivity index (χ1v) is 2.80. The summed E-state index contributed by atoms with van der Waals surface area (Å²) >= 11 is 0. The van der Waals surface area contributed by atoms with Crippen LogP contribution in [-0.2, 0) is 5.54 Å². The Morgan fingerprint density at radius 1 is 1.60 bits per heavy atom. The Labute approximate surface area is 66.0 Å². The summed E-state index contributed by atoms with van der Waals surface area (Å²) in [6.07, 6.45) is 1.52. The molecule has 0 fully saturated rings. The third kappa shape index (κ3) is 2.01. The minimum Gasteiger partial charge on any atom is -0.364 e. The summed E-state index contributed by atoms with van der Waals surface area (Å²) in [6, 6.07) is 1.76. The first kappa shape index (κ1) is 9.46. The second kappa shape index (κ2) is 3.03. The Morgan fingerprint density at radius 2 is 2.20 bits per heavy atom. The molecule has 1 aromatic heterocycles. The lowest BCUT2D eigenvalue weighted by Gasteiger charge is -2.12. The summed E-state index contributed by atoms with van der Waals surface area (Å²) in [7, 11) is 0. The third-order valence-electron chi connectivity index (χ3n) is 1.10. The molecule has 2 N–H and O–H groups in total. The first-order valence-electron chi connectivity index (χ1n) is 2.80. The quantitative estimate of drug-likeness (QED) is 0.677. The summed E-state index contributed by atoms with van der Waals surface area (Å²) in [5.41, 5.74) is 6.08. The van der Waals surface area contributed by atoms with E-state index in [-0.39, 0.29) is 17.9 Å². The molecule has 0 aliphatic carbocycles. The van der Waals surface area contributed by atoms with Gasteiger partial charge in [0.25, 0.3) is 0 Å². The van der Waals surface area contributed by atoms with E-state index in [1.165, 1.54) is 6.26 Å². The van der Waals surface area contributed by atoms with E-state index in [4.69, 9.17) is 5.73 Å². The fourth-order valence-corrected chi connectivity index (χ4v) is 0.545. The van der Waals surface area contributed by atoms with Gasteiger partial charge >= 0.3 is 0 Å². The summed E-state index contributed by atoms with van der Waals surface area (Å²) in [6.45, 7) is 3.76. The zero-order chi connectivity index (χ0) is 6.91. The van der Waals surface area contributed by atoms with Gasteiger partial charge in [0.1, 0.15) is 12.0 Å². The van der Waals surface area contributed by atoms with Crippen molar-refractivity contribution in [2.24, 2.45) is 5.73 Å². The Bertz CT molecular complexity index is 178. The van der Waals surface area contributed by atoms with Gasteiger partial charge in [0.2, 0.25) is 0 Å². The molecule has 58 valence electrons. The van der Waals surface area contributed by atoms with Crippen LogP contribution in [0, 0.1) is 0 Å². The van der Waals surface area contributed by atoms with Crippen LogP contribution in [0.25, 0.3) is 0 Å². The third-order valence-corrected chi connectivity index (χ3v) is 1.10. The molecule has 0 aromatic carbocycles. The Hall–Kier alpha value is -0.540. The highest BCUT2D eigenvalue weighted by Gasteiger charge is 2.16. The maximum atomic E-state index is 5.68. The summed E-state index contributed by atoms with van der Waals surface area (Å²) in [5.74, 6) is 0. The van der Waals surface area contributed by atoms with Crippen LogP contribution >= 0.6 is 12.4 Å². The van der Waals surface area contributed by atoms with Crippen LogP contribution in [0.15, 0.2) is 16.9 Å². The molecule has 1 heterocycles. The highest BCUT2D eigenvalue weighted by molar-refractivity contribution is 5.85. The molecule has 10 heavy (non-hydrogen) atoms. The Morgan fingerprint density at radius 3 is 2.40 bits per heavy atom. The lowest BCUT2D eigenvalue weighted by atomic mass is 10.0. The van der Waals surface area contributed by atoms with Gasteiger partial charge in [-0.05, 0) is 13.8 Å². The van der Waals surface area contributed by atoms with Gasteiger partial charge in [0.15, 0.2) is 0 Å². The van der Waals surface area contributed by atoms with Gasteiger partial charge in [-0.15, -0.1) is 12.4 Å². The zero-order valence-electron chi connectivity index (χ0n) is 6.00. The van der Waals surface area contributed by atoms with Crippen LogP contribution in [0.3, 0.4) is 0 Å². The molecule has 0 amide bonds. The van der Waals surface area contributed by atoms with E-state index < -0.39 is 0 Å². The van der Waals surface area contributed by atoms with Crippen LogP contribution in [-0.4, -0.2) is 5.16 Å². The molecule has 1 aromatic rings. The van der Waals surface area contributed by atoms with E-state index in [0.29, 0.717) is 0 Å². The topological polar surface area (TPSA) is 52.0 Å². The van der Waals surface area contributed by atoms with Gasteiger partial charge in [-0.2, -0.15) is 0 Å². The Kier molecular flexibility index (Phi) is 2.87. The van der Waals surface area contributed by atoms with Gasteiger partial charge in [-0.3, -0.25) is 0 Å². The maximum Gasteiger partial charge on any atom is 0.124 e. The number of nitrogens with zero attached hydrogens (tertiary/aromatic N) is 1. The molecule has 0 aliphatic rings. The average molecular weight is 163 g/mol. The molecule has 0 bridgehead atoms. The average Bonchev–Trinajstić information content (AvgIpc) is 2.08. The molecule has 1 rings (SSSR count). The zero-order valence-corrected chi connectivity index (χ0v) is 6.81. The van der Waals surface area contributed by atoms with Crippen LogP contribution in [0.4, 0.5) is 0 Å². The van der Waals surface area contributed by atoms with E-state index in [2.05, 4.69) is 9.68 Å². The fourth-order valence-electron chi connectivity index (χ4n) is 0.545. The van der Waals surface area contributed by atoms with Gasteiger partial charge in [-0.25, -0.2) is 0 Å². The van der Waals surface area contributed by atoms with Gasteiger partial charge in [0.05, 0.1) is 5.54 Å². The van der Waals surface area contributed by atoms with Crippen molar-refractivity contribution in [1.29, 1.82) is 0 Å². The molecule has 0 radical (unpaired) electrons. The number of hydrogen-bond donors (Lipinski definition) is 1. The van der Waals surface area contributed by atoms with E-state index in [9.17, 15) is 0 Å². The van der Waals surface area contributed by atoms with Gasteiger partial charge in [0, 0.05) is 6.07 Å². The monoisotopic (exact) mass is 162 g/mol. The minimum absolute atomic E-state index is 0. The molecule has 0 atom stereocenters. The highest BCUT2D eigenvalue weighted by Crippen LogP contribution is 2.12. The Balaban J connectivity index is 0.000000810. The predicted molar refractivity (Wildman–Crippen MR) is 41.0 cm³/mol. The second-order valence-corrected chi connectivity index (χ2v) is 2.61. The lowest BCUT2D eigenvalue weighted by Crippen LogP contribution is -2.28. The van der Waals surface area contributed by atoms with Gasteiger partial charge in [-0.1, -0.05) is 5.16 Å². The molecule has 3 nitrogen and oxygen atoms in total. The number of rotatable bonds is 1. The van der Waals surface area contributed by atoms with Crippen molar-refractivity contribution in [1.82, 2.24) is 5.16 Å². The van der Waals surface area contributed by atoms with Crippen molar-refractivity contribution in [2.75, 3.05) is 0 Å². The summed E-state index contributed by atoms with van der Waals surface area (Å²) in [4.78, 5) is 0. The summed E-state index contributed by atoms with van der Waals surface area (Å²) < 4.78 is 4.61. The fraction of sp³-hybridized carbons (Fsp3) is 0.500. The molecular weight excluding hydrogens is 152 g/mol. The normalized spacial score (nSPS) is 10.7. The second-order valence-electron chi connectivity index (χ2n) is 2.61. The minimum atomic E-state index is -0.382. The molecule has 0 saturated heterocycles. The first-order chi connectivity index (χ1) is 4.11. The molecule has 0 aliphatic heterocycles. The highest BCUT2D eigenvalue weighted by atomic mass is 35.5. The molecular formula is C6H11ClN2O. The lowest BCUT2D eigenvalue weighted by molar-refractivity contribution is 0.388. The maximum absolute atomic E-state index is 5.68. The van der Waals surface area contributed by atoms with Crippen molar-refractivity contribution in [3.8, 4) is 0 Å². The van der Waals surface area contributed by atoms with Crippen molar-refractivity contribution in [3.05, 3.63) is 18.0 Å². The van der Waals surface area contributed by atoms with Crippen molar-refractivity contribution in [2.45, 2.75) is 19.4 Å². The van der Waals surface area contributed by atoms with E-state index in [1.54, 1.807) is 6.07 Å². The van der Waals surface area contributed by atoms with Crippen molar-refractivity contribution in [3.63, 3.8) is 0 Å². The molecule has 0 saturated carbocycles. The SMILES string of the molecule is CC(C)(N)c1ccon1.Cl. The smallest absolute Gasteiger partial charge is 0.124 e. The van der Waals surface area contributed by atoms with E-state index in [0.717, 1.165) is 5.69 Å². The van der Waals surface area contributed by atoms with Crippen LogP contribution in [0.1, 0.15) is 19.5 Å². The van der Waals surface area contributed by atoms with Crippen LogP contribution < -0.4 is 5.73 Å². The van der Waals surface area contributed by atoms with E-state index in [1.807, 2.05) is 13.8 Å². The number of halogens is 1. The van der Waals surface area contributed by atoms with E-state index >= 15 is 0 Å². The standard InChI is InChI=1S/C6H10N2O.ClH/c1-6(2,7)5-3-4-9-8-5;/h3-4H,7H2,1-2H3;1H. The van der Waals surface area contributed by atoms with Crippen LogP contribution in [0.5, 0.6) is 0 Å².